The van der Waals surface area contributed by atoms with Gasteiger partial charge in [0.05, 0.1) is 6.61 Å². The van der Waals surface area contributed by atoms with E-state index in [9.17, 15) is 4.39 Å². The third kappa shape index (κ3) is 5.17. The molecule has 0 fully saturated rings. The lowest BCUT2D eigenvalue weighted by Crippen LogP contribution is -2.28. The molecule has 0 amide bonds. The summed E-state index contributed by atoms with van der Waals surface area (Å²) in [7, 11) is 0. The standard InChI is InChI=1S/C17H20FNO2/c1-13(11-20)19-10-14-5-7-17(8-6-14)21-12-15-3-2-4-16(18)9-15/h2-9,13,19-20H,10-12H2,1H3. The highest BCUT2D eigenvalue weighted by Crippen LogP contribution is 2.14. The Hall–Kier alpha value is -1.91. The van der Waals surface area contributed by atoms with E-state index >= 15 is 0 Å². The molecule has 3 nitrogen and oxygen atoms in total. The Labute approximate surface area is 124 Å². The molecule has 0 saturated carbocycles. The molecule has 0 aliphatic carbocycles. The fourth-order valence-corrected chi connectivity index (χ4v) is 1.85. The zero-order chi connectivity index (χ0) is 15.1. The Bertz CT molecular complexity index is 557. The van der Waals surface area contributed by atoms with Crippen molar-refractivity contribution < 1.29 is 14.2 Å². The molecular formula is C17H20FNO2. The predicted molar refractivity (Wildman–Crippen MR) is 80.6 cm³/mol. The Balaban J connectivity index is 1.85. The minimum atomic E-state index is -0.254. The molecule has 1 unspecified atom stereocenters. The van der Waals surface area contributed by atoms with Gasteiger partial charge in [-0.3, -0.25) is 0 Å². The molecule has 0 spiro atoms. The first-order chi connectivity index (χ1) is 10.2. The summed E-state index contributed by atoms with van der Waals surface area (Å²) >= 11 is 0. The van der Waals surface area contributed by atoms with E-state index < -0.39 is 0 Å². The topological polar surface area (TPSA) is 41.5 Å². The monoisotopic (exact) mass is 289 g/mol. The van der Waals surface area contributed by atoms with Crippen LogP contribution in [0.2, 0.25) is 0 Å². The van der Waals surface area contributed by atoms with Crippen LogP contribution in [-0.2, 0) is 13.2 Å². The van der Waals surface area contributed by atoms with Crippen LogP contribution in [0.3, 0.4) is 0 Å². The largest absolute Gasteiger partial charge is 0.489 e. The maximum absolute atomic E-state index is 13.0. The maximum Gasteiger partial charge on any atom is 0.123 e. The zero-order valence-corrected chi connectivity index (χ0v) is 12.1. The molecule has 0 aliphatic rings. The van der Waals surface area contributed by atoms with Crippen molar-refractivity contribution in [3.63, 3.8) is 0 Å². The van der Waals surface area contributed by atoms with Gasteiger partial charge in [-0.15, -0.1) is 0 Å². The Morgan fingerprint density at radius 1 is 1.14 bits per heavy atom. The van der Waals surface area contributed by atoms with E-state index in [1.807, 2.05) is 37.3 Å². The second-order valence-electron chi connectivity index (χ2n) is 5.03. The second kappa shape index (κ2) is 7.76. The molecule has 21 heavy (non-hydrogen) atoms. The lowest BCUT2D eigenvalue weighted by Gasteiger charge is -2.11. The average molecular weight is 289 g/mol. The number of ether oxygens (including phenoxy) is 1. The van der Waals surface area contributed by atoms with Gasteiger partial charge >= 0.3 is 0 Å². The van der Waals surface area contributed by atoms with E-state index in [4.69, 9.17) is 9.84 Å². The second-order valence-corrected chi connectivity index (χ2v) is 5.03. The van der Waals surface area contributed by atoms with Crippen LogP contribution in [0.4, 0.5) is 4.39 Å². The summed E-state index contributed by atoms with van der Waals surface area (Å²) in [5, 5.41) is 12.1. The molecule has 0 saturated heterocycles. The van der Waals surface area contributed by atoms with Crippen molar-refractivity contribution in [1.29, 1.82) is 0 Å². The fraction of sp³-hybridized carbons (Fsp3) is 0.294. The molecule has 0 bridgehead atoms. The molecular weight excluding hydrogens is 269 g/mol. The minimum Gasteiger partial charge on any atom is -0.489 e. The van der Waals surface area contributed by atoms with Crippen molar-refractivity contribution in [2.24, 2.45) is 0 Å². The first kappa shape index (κ1) is 15.5. The van der Waals surface area contributed by atoms with E-state index in [1.165, 1.54) is 12.1 Å². The molecule has 0 heterocycles. The summed E-state index contributed by atoms with van der Waals surface area (Å²) < 4.78 is 18.7. The van der Waals surface area contributed by atoms with Gasteiger partial charge in [0, 0.05) is 12.6 Å². The molecule has 2 rings (SSSR count). The first-order valence-electron chi connectivity index (χ1n) is 6.98. The summed E-state index contributed by atoms with van der Waals surface area (Å²) in [5.41, 5.74) is 1.92. The van der Waals surface area contributed by atoms with Gasteiger partial charge in [-0.05, 0) is 42.3 Å². The van der Waals surface area contributed by atoms with Crippen LogP contribution in [0.15, 0.2) is 48.5 Å². The van der Waals surface area contributed by atoms with Gasteiger partial charge in [0.2, 0.25) is 0 Å². The predicted octanol–water partition coefficient (Wildman–Crippen LogP) is 2.88. The van der Waals surface area contributed by atoms with E-state index in [0.717, 1.165) is 16.9 Å². The summed E-state index contributed by atoms with van der Waals surface area (Å²) in [6, 6.07) is 14.2. The number of hydrogen-bond acceptors (Lipinski definition) is 3. The summed E-state index contributed by atoms with van der Waals surface area (Å²) in [6.07, 6.45) is 0. The smallest absolute Gasteiger partial charge is 0.123 e. The van der Waals surface area contributed by atoms with Crippen molar-refractivity contribution in [2.75, 3.05) is 6.61 Å². The third-order valence-corrected chi connectivity index (χ3v) is 3.15. The van der Waals surface area contributed by atoms with Gasteiger partial charge in [-0.2, -0.15) is 0 Å². The van der Waals surface area contributed by atoms with Crippen LogP contribution < -0.4 is 10.1 Å². The van der Waals surface area contributed by atoms with E-state index in [0.29, 0.717) is 13.2 Å². The highest BCUT2D eigenvalue weighted by atomic mass is 19.1. The quantitative estimate of drug-likeness (QED) is 0.823. The van der Waals surface area contributed by atoms with Crippen LogP contribution in [0, 0.1) is 5.82 Å². The molecule has 2 aromatic carbocycles. The number of benzene rings is 2. The molecule has 0 radical (unpaired) electrons. The average Bonchev–Trinajstić information content (AvgIpc) is 2.51. The van der Waals surface area contributed by atoms with Gasteiger partial charge in [0.25, 0.3) is 0 Å². The van der Waals surface area contributed by atoms with Gasteiger partial charge in [-0.25, -0.2) is 4.39 Å². The Kier molecular flexibility index (Phi) is 5.72. The van der Waals surface area contributed by atoms with E-state index in [2.05, 4.69) is 5.32 Å². The highest BCUT2D eigenvalue weighted by molar-refractivity contribution is 5.27. The van der Waals surface area contributed by atoms with Gasteiger partial charge in [0.15, 0.2) is 0 Å². The fourth-order valence-electron chi connectivity index (χ4n) is 1.85. The molecule has 2 aromatic rings. The van der Waals surface area contributed by atoms with Gasteiger partial charge in [0.1, 0.15) is 18.2 Å². The molecule has 4 heteroatoms. The maximum atomic E-state index is 13.0. The molecule has 112 valence electrons. The van der Waals surface area contributed by atoms with Crippen molar-refractivity contribution in [3.8, 4) is 5.75 Å². The Morgan fingerprint density at radius 2 is 1.90 bits per heavy atom. The van der Waals surface area contributed by atoms with Crippen LogP contribution >= 0.6 is 0 Å². The number of rotatable bonds is 7. The number of hydrogen-bond donors (Lipinski definition) is 2. The summed E-state index contributed by atoms with van der Waals surface area (Å²) in [6.45, 7) is 3.09. The summed E-state index contributed by atoms with van der Waals surface area (Å²) in [5.74, 6) is 0.494. The lowest BCUT2D eigenvalue weighted by molar-refractivity contribution is 0.251. The molecule has 1 atom stereocenters. The Morgan fingerprint density at radius 3 is 2.57 bits per heavy atom. The number of nitrogens with one attached hydrogen (secondary N) is 1. The third-order valence-electron chi connectivity index (χ3n) is 3.15. The van der Waals surface area contributed by atoms with Crippen molar-refractivity contribution >= 4 is 0 Å². The minimum absolute atomic E-state index is 0.0777. The van der Waals surface area contributed by atoms with Crippen molar-refractivity contribution in [3.05, 3.63) is 65.5 Å². The SMILES string of the molecule is CC(CO)NCc1ccc(OCc2cccc(F)c2)cc1. The molecule has 0 aliphatic heterocycles. The van der Waals surface area contributed by atoms with Crippen LogP contribution in [0.25, 0.3) is 0 Å². The van der Waals surface area contributed by atoms with E-state index in [-0.39, 0.29) is 18.5 Å². The number of halogens is 1. The van der Waals surface area contributed by atoms with Crippen LogP contribution in [0.5, 0.6) is 5.75 Å². The first-order valence-corrected chi connectivity index (χ1v) is 6.98. The van der Waals surface area contributed by atoms with Crippen molar-refractivity contribution in [2.45, 2.75) is 26.1 Å². The number of aliphatic hydroxyl groups excluding tert-OH is 1. The summed E-state index contributed by atoms with van der Waals surface area (Å²) in [4.78, 5) is 0. The highest BCUT2D eigenvalue weighted by Gasteiger charge is 2.01. The van der Waals surface area contributed by atoms with Crippen LogP contribution in [-0.4, -0.2) is 17.8 Å². The lowest BCUT2D eigenvalue weighted by atomic mass is 10.2. The van der Waals surface area contributed by atoms with Gasteiger partial charge < -0.3 is 15.2 Å². The van der Waals surface area contributed by atoms with Crippen molar-refractivity contribution in [1.82, 2.24) is 5.32 Å². The van der Waals surface area contributed by atoms with Gasteiger partial charge in [-0.1, -0.05) is 24.3 Å². The number of aliphatic hydroxyl groups is 1. The molecule has 0 aromatic heterocycles. The normalized spacial score (nSPS) is 12.1. The molecule has 2 N–H and O–H groups in total. The zero-order valence-electron chi connectivity index (χ0n) is 12.1. The van der Waals surface area contributed by atoms with E-state index in [1.54, 1.807) is 6.07 Å². The van der Waals surface area contributed by atoms with Crippen LogP contribution in [0.1, 0.15) is 18.1 Å².